The van der Waals surface area contributed by atoms with E-state index in [9.17, 15) is 14.9 Å². The first kappa shape index (κ1) is 17.3. The minimum absolute atomic E-state index is 0.133. The monoisotopic (exact) mass is 311 g/mol. The SMILES string of the molecule is CSCCCCCCNC(=O)c1cc([N+](=O)[O-])ccc1N. The van der Waals surface area contributed by atoms with Gasteiger partial charge in [0, 0.05) is 24.4 Å². The molecule has 116 valence electrons. The first-order chi connectivity index (χ1) is 10.1. The van der Waals surface area contributed by atoms with Crippen molar-refractivity contribution in [3.8, 4) is 0 Å². The lowest BCUT2D eigenvalue weighted by Crippen LogP contribution is -2.25. The normalized spacial score (nSPS) is 10.3. The zero-order valence-electron chi connectivity index (χ0n) is 12.1. The van der Waals surface area contributed by atoms with E-state index in [1.165, 1.54) is 24.6 Å². The zero-order valence-corrected chi connectivity index (χ0v) is 12.9. The molecule has 0 unspecified atom stereocenters. The van der Waals surface area contributed by atoms with Crippen LogP contribution in [-0.4, -0.2) is 29.4 Å². The van der Waals surface area contributed by atoms with E-state index in [1.807, 2.05) is 11.8 Å². The maximum atomic E-state index is 12.0. The molecule has 0 aliphatic heterocycles. The summed E-state index contributed by atoms with van der Waals surface area (Å²) in [6.45, 7) is 0.556. The van der Waals surface area contributed by atoms with Crippen molar-refractivity contribution in [2.45, 2.75) is 25.7 Å². The molecule has 0 fully saturated rings. The molecule has 0 aromatic heterocycles. The zero-order chi connectivity index (χ0) is 15.7. The van der Waals surface area contributed by atoms with Crippen LogP contribution < -0.4 is 11.1 Å². The number of nitrogen functional groups attached to an aromatic ring is 1. The van der Waals surface area contributed by atoms with Crippen molar-refractivity contribution in [3.05, 3.63) is 33.9 Å². The molecule has 3 N–H and O–H groups in total. The summed E-state index contributed by atoms with van der Waals surface area (Å²) in [5.41, 5.74) is 5.96. The number of amides is 1. The number of nitrogens with one attached hydrogen (secondary N) is 1. The summed E-state index contributed by atoms with van der Waals surface area (Å²) in [6, 6.07) is 3.89. The number of hydrogen-bond donors (Lipinski definition) is 2. The van der Waals surface area contributed by atoms with E-state index in [0.29, 0.717) is 6.54 Å². The fraction of sp³-hybridized carbons (Fsp3) is 0.500. The maximum absolute atomic E-state index is 12.0. The van der Waals surface area contributed by atoms with Gasteiger partial charge in [0.15, 0.2) is 0 Å². The Balaban J connectivity index is 2.41. The summed E-state index contributed by atoms with van der Waals surface area (Å²) in [5, 5.41) is 13.5. The van der Waals surface area contributed by atoms with Crippen LogP contribution in [0, 0.1) is 10.1 Å². The van der Waals surface area contributed by atoms with E-state index in [2.05, 4.69) is 11.6 Å². The molecule has 0 bridgehead atoms. The lowest BCUT2D eigenvalue weighted by atomic mass is 10.1. The molecule has 0 atom stereocenters. The van der Waals surface area contributed by atoms with Crippen molar-refractivity contribution in [1.82, 2.24) is 5.32 Å². The molecule has 0 radical (unpaired) electrons. The first-order valence-electron chi connectivity index (χ1n) is 6.87. The van der Waals surface area contributed by atoms with Crippen LogP contribution in [0.15, 0.2) is 18.2 Å². The third-order valence-corrected chi connectivity index (χ3v) is 3.75. The number of thioether (sulfide) groups is 1. The molecule has 1 rings (SSSR count). The van der Waals surface area contributed by atoms with Crippen LogP contribution in [0.2, 0.25) is 0 Å². The molecule has 0 saturated carbocycles. The Morgan fingerprint density at radius 2 is 2.05 bits per heavy atom. The van der Waals surface area contributed by atoms with Crippen LogP contribution in [0.3, 0.4) is 0 Å². The summed E-state index contributed by atoms with van der Waals surface area (Å²) in [7, 11) is 0. The Morgan fingerprint density at radius 1 is 1.33 bits per heavy atom. The standard InChI is InChI=1S/C14H21N3O3S/c1-21-9-5-3-2-4-8-16-14(18)12-10-11(17(19)20)6-7-13(12)15/h6-7,10H,2-5,8-9,15H2,1H3,(H,16,18). The Labute approximate surface area is 128 Å². The predicted molar refractivity (Wildman–Crippen MR) is 86.7 cm³/mol. The van der Waals surface area contributed by atoms with Crippen LogP contribution in [0.5, 0.6) is 0 Å². The van der Waals surface area contributed by atoms with Gasteiger partial charge in [-0.2, -0.15) is 11.8 Å². The fourth-order valence-electron chi connectivity index (χ4n) is 1.88. The largest absolute Gasteiger partial charge is 0.398 e. The number of nitrogens with zero attached hydrogens (tertiary/aromatic N) is 1. The third kappa shape index (κ3) is 6.03. The molecule has 1 amide bonds. The quantitative estimate of drug-likeness (QED) is 0.316. The average Bonchev–Trinajstić information content (AvgIpc) is 2.46. The van der Waals surface area contributed by atoms with Crippen LogP contribution in [0.1, 0.15) is 36.0 Å². The number of carbonyl (C=O) groups is 1. The first-order valence-corrected chi connectivity index (χ1v) is 8.26. The number of unbranched alkanes of at least 4 members (excludes halogenated alkanes) is 3. The summed E-state index contributed by atoms with van der Waals surface area (Å²) in [5.74, 6) is 0.802. The van der Waals surface area contributed by atoms with E-state index in [-0.39, 0.29) is 22.8 Å². The molecule has 0 spiro atoms. The molecule has 0 aliphatic carbocycles. The number of anilines is 1. The van der Waals surface area contributed by atoms with Gasteiger partial charge in [0.1, 0.15) is 0 Å². The van der Waals surface area contributed by atoms with Crippen molar-refractivity contribution < 1.29 is 9.72 Å². The molecule has 21 heavy (non-hydrogen) atoms. The van der Waals surface area contributed by atoms with Crippen molar-refractivity contribution in [2.75, 3.05) is 24.3 Å². The highest BCUT2D eigenvalue weighted by atomic mass is 32.2. The van der Waals surface area contributed by atoms with E-state index >= 15 is 0 Å². The second kappa shape index (κ2) is 9.23. The van der Waals surface area contributed by atoms with Gasteiger partial charge in [-0.05, 0) is 30.9 Å². The Bertz CT molecular complexity index is 494. The van der Waals surface area contributed by atoms with Gasteiger partial charge in [0.05, 0.1) is 10.5 Å². The number of carbonyl (C=O) groups excluding carboxylic acids is 1. The molecule has 7 heteroatoms. The minimum atomic E-state index is -0.540. The summed E-state index contributed by atoms with van der Waals surface area (Å²) in [4.78, 5) is 22.1. The predicted octanol–water partition coefficient (Wildman–Crippen LogP) is 2.83. The third-order valence-electron chi connectivity index (χ3n) is 3.05. The average molecular weight is 311 g/mol. The lowest BCUT2D eigenvalue weighted by Gasteiger charge is -2.07. The van der Waals surface area contributed by atoms with Crippen LogP contribution >= 0.6 is 11.8 Å². The highest BCUT2D eigenvalue weighted by Crippen LogP contribution is 2.19. The van der Waals surface area contributed by atoms with Crippen molar-refractivity contribution in [3.63, 3.8) is 0 Å². The molecule has 6 nitrogen and oxygen atoms in total. The molecule has 1 aromatic carbocycles. The van der Waals surface area contributed by atoms with Gasteiger partial charge in [0.25, 0.3) is 11.6 Å². The van der Waals surface area contributed by atoms with Gasteiger partial charge in [-0.1, -0.05) is 12.8 Å². The highest BCUT2D eigenvalue weighted by Gasteiger charge is 2.14. The van der Waals surface area contributed by atoms with Gasteiger partial charge in [-0.25, -0.2) is 0 Å². The summed E-state index contributed by atoms with van der Waals surface area (Å²) in [6.07, 6.45) is 6.38. The summed E-state index contributed by atoms with van der Waals surface area (Å²) >= 11 is 1.83. The lowest BCUT2D eigenvalue weighted by molar-refractivity contribution is -0.384. The van der Waals surface area contributed by atoms with Crippen LogP contribution in [-0.2, 0) is 0 Å². The number of hydrogen-bond acceptors (Lipinski definition) is 5. The molecule has 0 heterocycles. The van der Waals surface area contributed by atoms with E-state index in [4.69, 9.17) is 5.73 Å². The van der Waals surface area contributed by atoms with Gasteiger partial charge >= 0.3 is 0 Å². The molecule has 1 aromatic rings. The number of benzene rings is 1. The van der Waals surface area contributed by atoms with Crippen molar-refractivity contribution in [1.29, 1.82) is 0 Å². The molecular weight excluding hydrogens is 290 g/mol. The molecule has 0 aliphatic rings. The number of non-ortho nitro benzene ring substituents is 1. The number of nitro groups is 1. The second-order valence-corrected chi connectivity index (χ2v) is 5.68. The van der Waals surface area contributed by atoms with Crippen LogP contribution in [0.25, 0.3) is 0 Å². The van der Waals surface area contributed by atoms with Gasteiger partial charge in [-0.3, -0.25) is 14.9 Å². The van der Waals surface area contributed by atoms with Gasteiger partial charge in [-0.15, -0.1) is 0 Å². The van der Waals surface area contributed by atoms with E-state index < -0.39 is 4.92 Å². The Morgan fingerprint density at radius 3 is 2.71 bits per heavy atom. The minimum Gasteiger partial charge on any atom is -0.398 e. The second-order valence-electron chi connectivity index (χ2n) is 4.69. The van der Waals surface area contributed by atoms with Crippen LogP contribution in [0.4, 0.5) is 11.4 Å². The fourth-order valence-corrected chi connectivity index (χ4v) is 2.37. The Kier molecular flexibility index (Phi) is 7.60. The number of nitrogens with two attached hydrogens (primary N) is 1. The molecular formula is C14H21N3O3S. The maximum Gasteiger partial charge on any atom is 0.270 e. The number of nitro benzene ring substituents is 1. The Hall–Kier alpha value is -1.76. The highest BCUT2D eigenvalue weighted by molar-refractivity contribution is 7.98. The topological polar surface area (TPSA) is 98.3 Å². The summed E-state index contributed by atoms with van der Waals surface area (Å²) < 4.78 is 0. The molecule has 0 saturated heterocycles. The van der Waals surface area contributed by atoms with Gasteiger partial charge in [0.2, 0.25) is 0 Å². The smallest absolute Gasteiger partial charge is 0.270 e. The van der Waals surface area contributed by atoms with Crippen molar-refractivity contribution >= 4 is 29.0 Å². The van der Waals surface area contributed by atoms with Gasteiger partial charge < -0.3 is 11.1 Å². The number of rotatable bonds is 9. The van der Waals surface area contributed by atoms with Crippen molar-refractivity contribution in [2.24, 2.45) is 0 Å². The van der Waals surface area contributed by atoms with E-state index in [1.54, 1.807) is 0 Å². The van der Waals surface area contributed by atoms with E-state index in [0.717, 1.165) is 25.0 Å².